The van der Waals surface area contributed by atoms with Crippen molar-refractivity contribution in [2.45, 2.75) is 19.8 Å². The summed E-state index contributed by atoms with van der Waals surface area (Å²) < 4.78 is 7.73. The molecule has 1 aromatic carbocycles. The van der Waals surface area contributed by atoms with Crippen molar-refractivity contribution in [1.29, 1.82) is 0 Å². The largest absolute Gasteiger partial charge is 0.479 e. The van der Waals surface area contributed by atoms with E-state index in [0.29, 0.717) is 27.7 Å². The second kappa shape index (κ2) is 5.29. The summed E-state index contributed by atoms with van der Waals surface area (Å²) in [7, 11) is 1.58. The molecule has 0 bridgehead atoms. The predicted molar refractivity (Wildman–Crippen MR) is 84.7 cm³/mol. The van der Waals surface area contributed by atoms with Gasteiger partial charge in [-0.3, -0.25) is 4.57 Å². The maximum absolute atomic E-state index is 5.44. The number of hydrogen-bond donors (Lipinski definition) is 1. The molecule has 3 rings (SSSR count). The van der Waals surface area contributed by atoms with Gasteiger partial charge >= 0.3 is 0 Å². The van der Waals surface area contributed by atoms with E-state index in [1.165, 1.54) is 11.9 Å². The van der Waals surface area contributed by atoms with Gasteiger partial charge in [0.05, 0.1) is 12.8 Å². The molecule has 0 aliphatic carbocycles. The van der Waals surface area contributed by atoms with Gasteiger partial charge in [0.1, 0.15) is 11.8 Å². The third-order valence-electron chi connectivity index (χ3n) is 3.43. The van der Waals surface area contributed by atoms with E-state index in [4.69, 9.17) is 17.0 Å². The summed E-state index contributed by atoms with van der Waals surface area (Å²) >= 11 is 5.44. The highest BCUT2D eigenvalue weighted by molar-refractivity contribution is 7.71. The lowest BCUT2D eigenvalue weighted by Crippen LogP contribution is -1.98. The average Bonchev–Trinajstić information content (AvgIpc) is 2.83. The molecule has 2 heterocycles. The first kappa shape index (κ1) is 13.8. The highest BCUT2D eigenvalue weighted by atomic mass is 32.1. The van der Waals surface area contributed by atoms with Crippen LogP contribution >= 0.6 is 12.2 Å². The number of aromatic nitrogens is 4. The summed E-state index contributed by atoms with van der Waals surface area (Å²) in [5, 5.41) is 0. The zero-order valence-electron chi connectivity index (χ0n) is 12.1. The number of aromatic amines is 1. The van der Waals surface area contributed by atoms with Gasteiger partial charge in [0.2, 0.25) is 5.88 Å². The van der Waals surface area contributed by atoms with Crippen molar-refractivity contribution >= 4 is 23.4 Å². The van der Waals surface area contributed by atoms with Crippen LogP contribution in [0.25, 0.3) is 16.9 Å². The molecule has 0 amide bonds. The van der Waals surface area contributed by atoms with Gasteiger partial charge in [0.15, 0.2) is 10.4 Å². The lowest BCUT2D eigenvalue weighted by molar-refractivity contribution is 0.401. The number of fused-ring (bicyclic) bond motifs is 1. The molecular formula is C15H16N4OS. The molecule has 0 radical (unpaired) electrons. The van der Waals surface area contributed by atoms with Gasteiger partial charge in [-0.15, -0.1) is 0 Å². The number of hydrogen-bond acceptors (Lipinski definition) is 4. The third kappa shape index (κ3) is 2.31. The molecule has 0 unspecified atom stereocenters. The minimum atomic E-state index is 0.452. The molecule has 0 aliphatic heterocycles. The minimum Gasteiger partial charge on any atom is -0.479 e. The Morgan fingerprint density at radius 3 is 2.81 bits per heavy atom. The number of rotatable bonds is 3. The van der Waals surface area contributed by atoms with Crippen molar-refractivity contribution in [3.05, 3.63) is 40.9 Å². The molecule has 0 saturated carbocycles. The quantitative estimate of drug-likeness (QED) is 0.751. The Bertz CT molecular complexity index is 850. The molecule has 108 valence electrons. The summed E-state index contributed by atoms with van der Waals surface area (Å²) in [6.07, 6.45) is 1.48. The number of H-pyrrole nitrogens is 1. The number of imidazole rings is 1. The van der Waals surface area contributed by atoms with Gasteiger partial charge in [-0.2, -0.15) is 4.98 Å². The van der Waals surface area contributed by atoms with E-state index in [-0.39, 0.29) is 0 Å². The zero-order chi connectivity index (χ0) is 15.0. The highest BCUT2D eigenvalue weighted by Gasteiger charge is 2.13. The maximum Gasteiger partial charge on any atom is 0.242 e. The molecular weight excluding hydrogens is 284 g/mol. The number of ether oxygens (including phenoxy) is 1. The van der Waals surface area contributed by atoms with E-state index in [1.54, 1.807) is 7.11 Å². The molecule has 0 atom stereocenters. The maximum atomic E-state index is 5.44. The Hall–Kier alpha value is -2.21. The second-order valence-corrected chi connectivity index (χ2v) is 5.48. The fraction of sp³-hybridized carbons (Fsp3) is 0.267. The van der Waals surface area contributed by atoms with Gasteiger partial charge in [0, 0.05) is 0 Å². The summed E-state index contributed by atoms with van der Waals surface area (Å²) in [4.78, 5) is 11.6. The van der Waals surface area contributed by atoms with Gasteiger partial charge in [0.25, 0.3) is 0 Å². The van der Waals surface area contributed by atoms with Crippen molar-refractivity contribution in [2.75, 3.05) is 7.11 Å². The summed E-state index contributed by atoms with van der Waals surface area (Å²) in [5.74, 6) is 0.943. The first-order chi connectivity index (χ1) is 10.1. The van der Waals surface area contributed by atoms with Crippen LogP contribution in [0.4, 0.5) is 0 Å². The first-order valence-electron chi connectivity index (χ1n) is 6.72. The summed E-state index contributed by atoms with van der Waals surface area (Å²) in [5.41, 5.74) is 3.66. The lowest BCUT2D eigenvalue weighted by atomic mass is 10.0. The Morgan fingerprint density at radius 2 is 2.10 bits per heavy atom. The predicted octanol–water partition coefficient (Wildman–Crippen LogP) is 3.61. The summed E-state index contributed by atoms with van der Waals surface area (Å²) in [6, 6.07) is 8.29. The van der Waals surface area contributed by atoms with Gasteiger partial charge in [-0.25, -0.2) is 4.98 Å². The van der Waals surface area contributed by atoms with E-state index in [0.717, 1.165) is 5.69 Å². The third-order valence-corrected chi connectivity index (χ3v) is 3.71. The van der Waals surface area contributed by atoms with Crippen molar-refractivity contribution in [2.24, 2.45) is 0 Å². The van der Waals surface area contributed by atoms with Gasteiger partial charge in [-0.05, 0) is 35.8 Å². The molecule has 1 N–H and O–H groups in total. The fourth-order valence-corrected chi connectivity index (χ4v) is 2.61. The Morgan fingerprint density at radius 1 is 1.29 bits per heavy atom. The van der Waals surface area contributed by atoms with E-state index < -0.39 is 0 Å². The molecule has 0 aliphatic rings. The standard InChI is InChI=1S/C15H16N4OS/c1-9(2)10-5-4-6-11(7-10)19-13-12(18-15(19)21)14(20-3)17-8-16-13/h4-9H,1-3H3,(H,18,21). The van der Waals surface area contributed by atoms with Crippen LogP contribution in [-0.4, -0.2) is 26.6 Å². The zero-order valence-corrected chi connectivity index (χ0v) is 12.9. The average molecular weight is 300 g/mol. The smallest absolute Gasteiger partial charge is 0.242 e. The molecule has 0 fully saturated rings. The van der Waals surface area contributed by atoms with Crippen molar-refractivity contribution in [3.8, 4) is 11.6 Å². The number of nitrogens with zero attached hydrogens (tertiary/aromatic N) is 3. The molecule has 6 heteroatoms. The van der Waals surface area contributed by atoms with Crippen LogP contribution in [0.5, 0.6) is 5.88 Å². The van der Waals surface area contributed by atoms with E-state index in [2.05, 4.69) is 40.9 Å². The van der Waals surface area contributed by atoms with Crippen molar-refractivity contribution in [3.63, 3.8) is 0 Å². The van der Waals surface area contributed by atoms with Crippen LogP contribution in [0.15, 0.2) is 30.6 Å². The minimum absolute atomic E-state index is 0.452. The van der Waals surface area contributed by atoms with Gasteiger partial charge in [-0.1, -0.05) is 26.0 Å². The Balaban J connectivity index is 2.28. The Kier molecular flexibility index (Phi) is 3.47. The molecule has 3 aromatic rings. The lowest BCUT2D eigenvalue weighted by Gasteiger charge is -2.09. The highest BCUT2D eigenvalue weighted by Crippen LogP contribution is 2.25. The molecule has 5 nitrogen and oxygen atoms in total. The first-order valence-corrected chi connectivity index (χ1v) is 7.12. The van der Waals surface area contributed by atoms with Gasteiger partial charge < -0.3 is 9.72 Å². The second-order valence-electron chi connectivity index (χ2n) is 5.10. The number of methoxy groups -OCH3 is 1. The van der Waals surface area contributed by atoms with Crippen molar-refractivity contribution in [1.82, 2.24) is 19.5 Å². The fourth-order valence-electron chi connectivity index (χ4n) is 2.32. The molecule has 0 spiro atoms. The monoisotopic (exact) mass is 300 g/mol. The van der Waals surface area contributed by atoms with Crippen LogP contribution in [0.1, 0.15) is 25.3 Å². The normalized spacial score (nSPS) is 11.2. The van der Waals surface area contributed by atoms with Crippen LogP contribution in [0.2, 0.25) is 0 Å². The van der Waals surface area contributed by atoms with Crippen LogP contribution in [0.3, 0.4) is 0 Å². The topological polar surface area (TPSA) is 55.7 Å². The van der Waals surface area contributed by atoms with Crippen molar-refractivity contribution < 1.29 is 4.74 Å². The Labute approximate surface area is 127 Å². The summed E-state index contributed by atoms with van der Waals surface area (Å²) in [6.45, 7) is 4.33. The molecule has 0 saturated heterocycles. The van der Waals surface area contributed by atoms with E-state index in [9.17, 15) is 0 Å². The molecule has 2 aromatic heterocycles. The molecule has 21 heavy (non-hydrogen) atoms. The van der Waals surface area contributed by atoms with Crippen LogP contribution in [0, 0.1) is 4.77 Å². The van der Waals surface area contributed by atoms with E-state index in [1.807, 2.05) is 16.7 Å². The SMILES string of the molecule is COc1ncnc2c1[nH]c(=S)n2-c1cccc(C(C)C)c1. The van der Waals surface area contributed by atoms with Crippen LogP contribution in [-0.2, 0) is 0 Å². The number of benzene rings is 1. The van der Waals surface area contributed by atoms with Crippen LogP contribution < -0.4 is 4.74 Å². The number of nitrogens with one attached hydrogen (secondary N) is 1. The van der Waals surface area contributed by atoms with E-state index >= 15 is 0 Å².